The lowest BCUT2D eigenvalue weighted by Gasteiger charge is -2.19. The van der Waals surface area contributed by atoms with Crippen LogP contribution in [0.25, 0.3) is 11.1 Å². The molecule has 1 aliphatic rings. The second-order valence-corrected chi connectivity index (χ2v) is 8.90. The van der Waals surface area contributed by atoms with Gasteiger partial charge in [-0.1, -0.05) is 48.5 Å². The number of aliphatic carboxylic acids is 1. The molecule has 1 unspecified atom stereocenters. The van der Waals surface area contributed by atoms with Crippen LogP contribution in [0.5, 0.6) is 0 Å². The van der Waals surface area contributed by atoms with Gasteiger partial charge < -0.3 is 20.5 Å². The molecule has 2 aromatic carbocycles. The van der Waals surface area contributed by atoms with Crippen molar-refractivity contribution < 1.29 is 24.2 Å². The number of hydrogen-bond donors (Lipinski definition) is 3. The molecule has 0 spiro atoms. The van der Waals surface area contributed by atoms with Gasteiger partial charge in [-0.3, -0.25) is 9.59 Å². The Hall–Kier alpha value is -3.72. The van der Waals surface area contributed by atoms with E-state index in [0.29, 0.717) is 13.0 Å². The van der Waals surface area contributed by atoms with Crippen LogP contribution in [-0.2, 0) is 20.7 Å². The first-order valence-corrected chi connectivity index (χ1v) is 11.9. The Morgan fingerprint density at radius 2 is 1.74 bits per heavy atom. The third-order valence-corrected chi connectivity index (χ3v) is 6.56. The van der Waals surface area contributed by atoms with Crippen molar-refractivity contribution in [1.29, 1.82) is 0 Å². The summed E-state index contributed by atoms with van der Waals surface area (Å²) in [7, 11) is 0. The number of nitrogens with one attached hydrogen (secondary N) is 2. The number of fused-ring (bicyclic) bond motifs is 3. The molecular weight excluding hydrogens is 454 g/mol. The van der Waals surface area contributed by atoms with Crippen molar-refractivity contribution in [2.45, 2.75) is 31.2 Å². The largest absolute Gasteiger partial charge is 0.481 e. The number of carbonyl (C=O) groups excluding carboxylic acids is 2. The van der Waals surface area contributed by atoms with Crippen molar-refractivity contribution in [3.05, 3.63) is 76.2 Å². The van der Waals surface area contributed by atoms with Crippen molar-refractivity contribution in [3.63, 3.8) is 0 Å². The number of benzene rings is 2. The number of hydrogen-bond acceptors (Lipinski definition) is 6. The van der Waals surface area contributed by atoms with Crippen LogP contribution in [0.4, 0.5) is 4.79 Å². The molecule has 34 heavy (non-hydrogen) atoms. The molecule has 9 heteroatoms. The van der Waals surface area contributed by atoms with Crippen molar-refractivity contribution >= 4 is 29.3 Å². The maximum atomic E-state index is 12.6. The quantitative estimate of drug-likeness (QED) is 0.409. The van der Waals surface area contributed by atoms with Gasteiger partial charge in [0.15, 0.2) is 0 Å². The molecule has 0 bridgehead atoms. The summed E-state index contributed by atoms with van der Waals surface area (Å²) in [4.78, 5) is 40.4. The number of carbonyl (C=O) groups is 3. The summed E-state index contributed by atoms with van der Waals surface area (Å²) in [5.41, 5.74) is 4.40. The van der Waals surface area contributed by atoms with Crippen molar-refractivity contribution in [3.8, 4) is 11.1 Å². The lowest BCUT2D eigenvalue weighted by atomic mass is 9.98. The average Bonchev–Trinajstić information content (AvgIpc) is 3.46. The predicted molar refractivity (Wildman–Crippen MR) is 128 cm³/mol. The van der Waals surface area contributed by atoms with Gasteiger partial charge >= 0.3 is 12.1 Å². The summed E-state index contributed by atoms with van der Waals surface area (Å²) in [5.74, 6) is -1.61. The lowest BCUT2D eigenvalue weighted by molar-refractivity contribution is -0.137. The van der Waals surface area contributed by atoms with Crippen LogP contribution in [0.15, 0.2) is 60.1 Å². The average molecular weight is 480 g/mol. The zero-order valence-electron chi connectivity index (χ0n) is 18.4. The van der Waals surface area contributed by atoms with E-state index in [0.717, 1.165) is 27.3 Å². The Morgan fingerprint density at radius 3 is 2.35 bits per heavy atom. The number of thiazole rings is 1. The van der Waals surface area contributed by atoms with Gasteiger partial charge in [-0.2, -0.15) is 0 Å². The predicted octanol–water partition coefficient (Wildman–Crippen LogP) is 3.57. The third kappa shape index (κ3) is 5.60. The highest BCUT2D eigenvalue weighted by atomic mass is 32.1. The highest BCUT2D eigenvalue weighted by molar-refractivity contribution is 7.09. The van der Waals surface area contributed by atoms with E-state index in [1.807, 2.05) is 53.9 Å². The highest BCUT2D eigenvalue weighted by Gasteiger charge is 2.30. The number of amides is 2. The smallest absolute Gasteiger partial charge is 0.407 e. The molecule has 0 aliphatic heterocycles. The first-order valence-electron chi connectivity index (χ1n) is 11.0. The SMILES string of the molecule is O=C(O)CCC(NC(=O)OCC1c2ccccc2-c2ccccc21)C(=O)NCCc1nccs1. The van der Waals surface area contributed by atoms with Crippen LogP contribution in [0, 0.1) is 0 Å². The van der Waals surface area contributed by atoms with E-state index in [4.69, 9.17) is 9.84 Å². The Balaban J connectivity index is 1.36. The zero-order valence-corrected chi connectivity index (χ0v) is 19.2. The maximum absolute atomic E-state index is 12.6. The minimum atomic E-state index is -1.05. The van der Waals surface area contributed by atoms with Gasteiger partial charge in [0.05, 0.1) is 5.01 Å². The van der Waals surface area contributed by atoms with Crippen molar-refractivity contribution in [1.82, 2.24) is 15.6 Å². The van der Waals surface area contributed by atoms with E-state index in [1.54, 1.807) is 6.20 Å². The number of nitrogens with zero attached hydrogens (tertiary/aromatic N) is 1. The summed E-state index contributed by atoms with van der Waals surface area (Å²) in [5, 5.41) is 17.0. The van der Waals surface area contributed by atoms with Gasteiger partial charge in [0, 0.05) is 36.9 Å². The molecule has 0 saturated heterocycles. The molecule has 1 aliphatic carbocycles. The fraction of sp³-hybridized carbons (Fsp3) is 0.280. The van der Waals surface area contributed by atoms with Crippen molar-refractivity contribution in [2.24, 2.45) is 0 Å². The standard InChI is InChI=1S/C25H25N3O5S/c29-23(30)10-9-21(24(31)27-12-11-22-26-13-14-34-22)28-25(32)33-15-20-18-7-3-1-5-16(18)17-6-2-4-8-19(17)20/h1-8,13-14,20-21H,9-12,15H2,(H,27,31)(H,28,32)(H,29,30). The molecule has 3 aromatic rings. The molecule has 1 atom stereocenters. The maximum Gasteiger partial charge on any atom is 0.407 e. The summed E-state index contributed by atoms with van der Waals surface area (Å²) < 4.78 is 5.50. The topological polar surface area (TPSA) is 118 Å². The number of rotatable bonds is 10. The van der Waals surface area contributed by atoms with Gasteiger partial charge in [-0.25, -0.2) is 9.78 Å². The number of carboxylic acid groups (broad SMARTS) is 1. The van der Waals surface area contributed by atoms with E-state index >= 15 is 0 Å². The fourth-order valence-corrected chi connectivity index (χ4v) is 4.73. The van der Waals surface area contributed by atoms with Gasteiger partial charge in [0.1, 0.15) is 12.6 Å². The zero-order chi connectivity index (χ0) is 23.9. The Bertz CT molecular complexity index is 1120. The molecule has 4 rings (SSSR count). The summed E-state index contributed by atoms with van der Waals surface area (Å²) in [6.45, 7) is 0.444. The molecule has 1 heterocycles. The molecule has 176 valence electrons. The Kier molecular flexibility index (Phi) is 7.54. The second kappa shape index (κ2) is 10.9. The normalized spacial score (nSPS) is 12.9. The summed E-state index contributed by atoms with van der Waals surface area (Å²) in [6.07, 6.45) is 1.19. The first-order chi connectivity index (χ1) is 16.5. The van der Waals surface area contributed by atoms with Gasteiger partial charge in [0.2, 0.25) is 5.91 Å². The molecule has 8 nitrogen and oxygen atoms in total. The molecule has 1 aromatic heterocycles. The van der Waals surface area contributed by atoms with Crippen LogP contribution in [0.3, 0.4) is 0 Å². The lowest BCUT2D eigenvalue weighted by Crippen LogP contribution is -2.47. The molecule has 2 amide bonds. The molecule has 0 saturated carbocycles. The van der Waals surface area contributed by atoms with Crippen LogP contribution < -0.4 is 10.6 Å². The van der Waals surface area contributed by atoms with E-state index in [2.05, 4.69) is 15.6 Å². The molecular formula is C25H25N3O5S. The highest BCUT2D eigenvalue weighted by Crippen LogP contribution is 2.44. The summed E-state index contributed by atoms with van der Waals surface area (Å²) in [6, 6.07) is 15.0. The monoisotopic (exact) mass is 479 g/mol. The van der Waals surface area contributed by atoms with E-state index in [-0.39, 0.29) is 25.4 Å². The minimum Gasteiger partial charge on any atom is -0.481 e. The minimum absolute atomic E-state index is 0.0391. The van der Waals surface area contributed by atoms with E-state index in [1.165, 1.54) is 11.3 Å². The molecule has 0 radical (unpaired) electrons. The van der Waals surface area contributed by atoms with E-state index < -0.39 is 24.0 Å². The third-order valence-electron chi connectivity index (χ3n) is 5.72. The molecule has 3 N–H and O–H groups in total. The Morgan fingerprint density at radius 1 is 1.06 bits per heavy atom. The van der Waals surface area contributed by atoms with Gasteiger partial charge in [-0.05, 0) is 28.7 Å². The van der Waals surface area contributed by atoms with Crippen LogP contribution in [0.1, 0.15) is 34.9 Å². The van der Waals surface area contributed by atoms with Crippen LogP contribution in [-0.4, -0.2) is 47.3 Å². The Labute approximate surface area is 201 Å². The fourth-order valence-electron chi connectivity index (χ4n) is 4.11. The number of carboxylic acids is 1. The van der Waals surface area contributed by atoms with Gasteiger partial charge in [0.25, 0.3) is 0 Å². The first kappa shape index (κ1) is 23.4. The van der Waals surface area contributed by atoms with E-state index in [9.17, 15) is 14.4 Å². The van der Waals surface area contributed by atoms with Crippen LogP contribution in [0.2, 0.25) is 0 Å². The van der Waals surface area contributed by atoms with Gasteiger partial charge in [-0.15, -0.1) is 11.3 Å². The number of alkyl carbamates (subject to hydrolysis) is 1. The summed E-state index contributed by atoms with van der Waals surface area (Å²) >= 11 is 1.49. The second-order valence-electron chi connectivity index (χ2n) is 7.92. The van der Waals surface area contributed by atoms with Crippen LogP contribution >= 0.6 is 11.3 Å². The number of aromatic nitrogens is 1. The number of ether oxygens (including phenoxy) is 1. The van der Waals surface area contributed by atoms with Crippen molar-refractivity contribution in [2.75, 3.05) is 13.2 Å². The molecule has 0 fully saturated rings.